The number of anilines is 1. The number of thioether (sulfide) groups is 1. The molecule has 2 saturated heterocycles. The molecule has 0 aliphatic carbocycles. The molecular weight excluding hydrogens is 597 g/mol. The summed E-state index contributed by atoms with van der Waals surface area (Å²) in [5.41, 5.74) is 2.66. The van der Waals surface area contributed by atoms with Crippen molar-refractivity contribution in [3.8, 4) is 5.75 Å². The molecule has 5 rings (SSSR count). The van der Waals surface area contributed by atoms with Gasteiger partial charge in [-0.1, -0.05) is 48.5 Å². The third-order valence-electron chi connectivity index (χ3n) is 7.59. The monoisotopic (exact) mass is 630 g/mol. The fourth-order valence-corrected chi connectivity index (χ4v) is 6.43. The lowest BCUT2D eigenvalue weighted by Gasteiger charge is -2.36. The van der Waals surface area contributed by atoms with Gasteiger partial charge in [0, 0.05) is 34.9 Å². The Labute approximate surface area is 257 Å². The van der Waals surface area contributed by atoms with Crippen LogP contribution in [0.4, 0.5) is 18.9 Å². The highest BCUT2D eigenvalue weighted by atomic mass is 32.2. The van der Waals surface area contributed by atoms with Crippen LogP contribution >= 0.6 is 11.8 Å². The van der Waals surface area contributed by atoms with Crippen LogP contribution in [0.5, 0.6) is 5.75 Å². The summed E-state index contributed by atoms with van der Waals surface area (Å²) in [6, 6.07) is 20.8. The van der Waals surface area contributed by atoms with Crippen molar-refractivity contribution in [2.24, 2.45) is 0 Å². The zero-order valence-corrected chi connectivity index (χ0v) is 24.8. The Hall–Kier alpha value is -3.58. The van der Waals surface area contributed by atoms with E-state index in [-0.39, 0.29) is 31.8 Å². The average Bonchev–Trinajstić information content (AvgIpc) is 3.53. The number of aliphatic hydroxyl groups excluding tert-OH is 1. The van der Waals surface area contributed by atoms with Gasteiger partial charge < -0.3 is 29.5 Å². The van der Waals surface area contributed by atoms with Gasteiger partial charge in [-0.25, -0.2) is 0 Å². The molecule has 3 aromatic carbocycles. The summed E-state index contributed by atoms with van der Waals surface area (Å²) in [6.07, 6.45) is -5.40. The second-order valence-electron chi connectivity index (χ2n) is 10.6. The number of aliphatic hydroxyl groups is 1. The highest BCUT2D eigenvalue weighted by Gasteiger charge is 2.47. The molecule has 2 heterocycles. The Bertz CT molecular complexity index is 1450. The smallest absolute Gasteiger partial charge is 0.471 e. The molecule has 2 aliphatic rings. The summed E-state index contributed by atoms with van der Waals surface area (Å²) < 4.78 is 57.5. The number of nitrogens with one attached hydrogen (secondary N) is 1. The Morgan fingerprint density at radius 3 is 2.55 bits per heavy atom. The molecule has 2 amide bonds. The van der Waals surface area contributed by atoms with Crippen LogP contribution in [0, 0.1) is 0 Å². The van der Waals surface area contributed by atoms with Crippen LogP contribution in [-0.4, -0.2) is 59.6 Å². The zero-order valence-electron chi connectivity index (χ0n) is 24.0. The van der Waals surface area contributed by atoms with E-state index < -0.39 is 30.3 Å². The largest absolute Gasteiger partial charge is 0.496 e. The summed E-state index contributed by atoms with van der Waals surface area (Å²) >= 11 is 1.60. The molecule has 44 heavy (non-hydrogen) atoms. The number of halogens is 3. The van der Waals surface area contributed by atoms with Crippen molar-refractivity contribution in [2.45, 2.75) is 61.5 Å². The van der Waals surface area contributed by atoms with E-state index >= 15 is 0 Å². The van der Waals surface area contributed by atoms with Crippen LogP contribution in [0.2, 0.25) is 0 Å². The van der Waals surface area contributed by atoms with Gasteiger partial charge in [0.2, 0.25) is 5.91 Å². The summed E-state index contributed by atoms with van der Waals surface area (Å²) in [5.74, 6) is -1.33. The topological polar surface area (TPSA) is 97.3 Å². The maximum absolute atomic E-state index is 13.1. The Morgan fingerprint density at radius 2 is 1.82 bits per heavy atom. The van der Waals surface area contributed by atoms with Crippen molar-refractivity contribution >= 4 is 29.3 Å². The highest BCUT2D eigenvalue weighted by Crippen LogP contribution is 2.41. The lowest BCUT2D eigenvalue weighted by Crippen LogP contribution is -2.48. The van der Waals surface area contributed by atoms with Gasteiger partial charge in [0.05, 0.1) is 25.9 Å². The molecule has 8 nitrogen and oxygen atoms in total. The zero-order chi connectivity index (χ0) is 31.3. The molecule has 0 aromatic heterocycles. The first-order valence-electron chi connectivity index (χ1n) is 14.2. The van der Waals surface area contributed by atoms with E-state index in [0.717, 1.165) is 21.8 Å². The van der Waals surface area contributed by atoms with Gasteiger partial charge in [-0.3, -0.25) is 9.59 Å². The summed E-state index contributed by atoms with van der Waals surface area (Å²) in [5, 5.41) is 12.1. The number of rotatable bonds is 9. The minimum atomic E-state index is -5.05. The second kappa shape index (κ2) is 14.0. The third kappa shape index (κ3) is 7.55. The molecule has 2 N–H and O–H groups in total. The standard InChI is InChI=1S/C32H33F3N2O6S/c1-41-26-9-2-3-10-28(26)44-19-24-17-27(21-13-11-20(18-38)12-14-21)43-30(42-24)22-6-4-7-23(16-22)36-29(39)25-8-5-15-37(25)31(40)32(33,34)35/h2-4,6-7,9-14,16,24-25,27,30,38H,5,8,15,17-19H2,1H3,(H,36,39)/t24-,25+,27+,30+/m1/s1. The molecule has 2 aliphatic heterocycles. The second-order valence-corrected chi connectivity index (χ2v) is 11.6. The van der Waals surface area contributed by atoms with E-state index in [9.17, 15) is 27.9 Å². The van der Waals surface area contributed by atoms with Gasteiger partial charge in [-0.2, -0.15) is 13.2 Å². The normalized spacial score (nSPS) is 22.1. The van der Waals surface area contributed by atoms with E-state index in [4.69, 9.17) is 14.2 Å². The predicted octanol–water partition coefficient (Wildman–Crippen LogP) is 6.02. The first-order valence-corrected chi connectivity index (χ1v) is 15.2. The maximum Gasteiger partial charge on any atom is 0.471 e. The lowest BCUT2D eigenvalue weighted by molar-refractivity contribution is -0.245. The number of likely N-dealkylation sites (tertiary alicyclic amines) is 1. The Kier molecular flexibility index (Phi) is 10.1. The Morgan fingerprint density at radius 1 is 1.05 bits per heavy atom. The number of methoxy groups -OCH3 is 1. The molecule has 12 heteroatoms. The molecule has 3 aromatic rings. The average molecular weight is 631 g/mol. The van der Waals surface area contributed by atoms with Gasteiger partial charge in [0.15, 0.2) is 6.29 Å². The molecular formula is C32H33F3N2O6S. The number of hydrogen-bond donors (Lipinski definition) is 2. The van der Waals surface area contributed by atoms with Crippen LogP contribution in [0.3, 0.4) is 0 Å². The fourth-order valence-electron chi connectivity index (χ4n) is 5.38. The molecule has 0 saturated carbocycles. The van der Waals surface area contributed by atoms with Crippen LogP contribution < -0.4 is 10.1 Å². The van der Waals surface area contributed by atoms with Gasteiger partial charge in [0.25, 0.3) is 0 Å². The first kappa shape index (κ1) is 31.8. The van der Waals surface area contributed by atoms with Crippen molar-refractivity contribution in [1.82, 2.24) is 4.90 Å². The van der Waals surface area contributed by atoms with Crippen molar-refractivity contribution in [3.05, 3.63) is 89.5 Å². The van der Waals surface area contributed by atoms with E-state index in [1.807, 2.05) is 48.5 Å². The van der Waals surface area contributed by atoms with Crippen LogP contribution in [0.1, 0.15) is 48.3 Å². The molecule has 0 spiro atoms. The number of para-hydroxylation sites is 1. The molecule has 0 radical (unpaired) electrons. The molecule has 0 bridgehead atoms. The number of benzene rings is 3. The summed E-state index contributed by atoms with van der Waals surface area (Å²) in [4.78, 5) is 26.4. The molecule has 0 unspecified atom stereocenters. The van der Waals surface area contributed by atoms with Crippen LogP contribution in [-0.2, 0) is 25.7 Å². The number of amides is 2. The molecule has 234 valence electrons. The number of hydrogen-bond acceptors (Lipinski definition) is 7. The van der Waals surface area contributed by atoms with Crippen molar-refractivity contribution < 1.29 is 42.1 Å². The van der Waals surface area contributed by atoms with Crippen molar-refractivity contribution in [1.29, 1.82) is 0 Å². The minimum absolute atomic E-state index is 0.0722. The number of nitrogens with zero attached hydrogens (tertiary/aromatic N) is 1. The van der Waals surface area contributed by atoms with Crippen molar-refractivity contribution in [3.63, 3.8) is 0 Å². The van der Waals surface area contributed by atoms with Crippen LogP contribution in [0.25, 0.3) is 0 Å². The van der Waals surface area contributed by atoms with Crippen LogP contribution in [0.15, 0.2) is 77.7 Å². The minimum Gasteiger partial charge on any atom is -0.496 e. The summed E-state index contributed by atoms with van der Waals surface area (Å²) in [6.45, 7) is -0.202. The highest BCUT2D eigenvalue weighted by molar-refractivity contribution is 7.99. The Balaban J connectivity index is 1.33. The summed E-state index contributed by atoms with van der Waals surface area (Å²) in [7, 11) is 1.62. The fraction of sp³-hybridized carbons (Fsp3) is 0.375. The quantitative estimate of drug-likeness (QED) is 0.279. The first-order chi connectivity index (χ1) is 21.2. The maximum atomic E-state index is 13.1. The predicted molar refractivity (Wildman–Crippen MR) is 158 cm³/mol. The number of carbonyl (C=O) groups is 2. The van der Waals surface area contributed by atoms with Gasteiger partial charge in [0.1, 0.15) is 11.8 Å². The number of carbonyl (C=O) groups excluding carboxylic acids is 2. The number of ether oxygens (including phenoxy) is 3. The van der Waals surface area contributed by atoms with E-state index in [0.29, 0.717) is 34.7 Å². The van der Waals surface area contributed by atoms with Gasteiger partial charge in [-0.05, 0) is 48.2 Å². The van der Waals surface area contributed by atoms with Gasteiger partial charge >= 0.3 is 12.1 Å². The van der Waals surface area contributed by atoms with E-state index in [1.54, 1.807) is 43.1 Å². The number of alkyl halides is 3. The van der Waals surface area contributed by atoms with Gasteiger partial charge in [-0.15, -0.1) is 11.8 Å². The molecule has 2 fully saturated rings. The van der Waals surface area contributed by atoms with Crippen molar-refractivity contribution in [2.75, 3.05) is 24.7 Å². The third-order valence-corrected chi connectivity index (χ3v) is 8.78. The van der Waals surface area contributed by atoms with E-state index in [2.05, 4.69) is 5.32 Å². The lowest BCUT2D eigenvalue weighted by atomic mass is 10.0. The van der Waals surface area contributed by atoms with E-state index in [1.165, 1.54) is 0 Å². The molecule has 4 atom stereocenters. The SMILES string of the molecule is COc1ccccc1SC[C@H]1C[C@@H](c2ccc(CO)cc2)O[C@@H](c2cccc(NC(=O)[C@@H]3CCCN3C(=O)C(F)(F)F)c2)O1.